The van der Waals surface area contributed by atoms with Gasteiger partial charge in [0.1, 0.15) is 0 Å². The molecule has 0 bridgehead atoms. The van der Waals surface area contributed by atoms with E-state index in [1.807, 2.05) is 13.0 Å². The smallest absolute Gasteiger partial charge is 0.243 e. The second kappa shape index (κ2) is 10.9. The molecule has 1 aromatic carbocycles. The quantitative estimate of drug-likeness (QED) is 0.268. The maximum atomic E-state index is 12.7. The molecule has 9 heteroatoms. The van der Waals surface area contributed by atoms with Gasteiger partial charge in [0.2, 0.25) is 10.0 Å². The third-order valence-corrected chi connectivity index (χ3v) is 8.28. The van der Waals surface area contributed by atoms with Crippen molar-refractivity contribution in [1.29, 1.82) is 0 Å². The summed E-state index contributed by atoms with van der Waals surface area (Å²) in [6.45, 7) is 10.3. The first-order chi connectivity index (χ1) is 15.6. The van der Waals surface area contributed by atoms with Crippen molar-refractivity contribution >= 4 is 38.8 Å². The van der Waals surface area contributed by atoms with Crippen molar-refractivity contribution in [3.05, 3.63) is 48.1 Å². The monoisotopic (exact) mass is 490 g/mol. The van der Waals surface area contributed by atoms with Crippen molar-refractivity contribution in [3.63, 3.8) is 0 Å². The average molecular weight is 491 g/mol. The molecular weight excluding hydrogens is 456 g/mol. The van der Waals surface area contributed by atoms with E-state index in [4.69, 9.17) is 17.0 Å². The molecule has 1 heterocycles. The Kier molecular flexibility index (Phi) is 8.44. The number of hydrazone groups is 1. The van der Waals surface area contributed by atoms with Crippen LogP contribution in [0.15, 0.2) is 58.1 Å². The van der Waals surface area contributed by atoms with E-state index in [0.29, 0.717) is 43.0 Å². The predicted molar refractivity (Wildman–Crippen MR) is 138 cm³/mol. The number of benzene rings is 1. The molecule has 7 nitrogen and oxygen atoms in total. The van der Waals surface area contributed by atoms with Crippen molar-refractivity contribution in [2.75, 3.05) is 31.6 Å². The van der Waals surface area contributed by atoms with E-state index in [-0.39, 0.29) is 10.3 Å². The van der Waals surface area contributed by atoms with Crippen LogP contribution in [0.1, 0.15) is 40.5 Å². The minimum absolute atomic E-state index is 0.237. The molecule has 0 aromatic heterocycles. The second-order valence-electron chi connectivity index (χ2n) is 9.17. The number of allylic oxidation sites excluding steroid dienone is 4. The number of sulfonamides is 1. The average Bonchev–Trinajstić information content (AvgIpc) is 2.78. The fraction of sp³-hybridized carbons (Fsp3) is 0.500. The molecule has 33 heavy (non-hydrogen) atoms. The SMILES string of the molecule is CC1=CCCC(C)(C)C1/C=C/C(C)=N/NC(=S)Nc1ccc(S(=O)(=O)N2CCOCC2)cc1. The molecule has 1 saturated heterocycles. The van der Waals surface area contributed by atoms with Gasteiger partial charge >= 0.3 is 0 Å². The Labute approximate surface area is 203 Å². The fourth-order valence-corrected chi connectivity index (χ4v) is 5.77. The Balaban J connectivity index is 1.55. The summed E-state index contributed by atoms with van der Waals surface area (Å²) in [5.41, 5.74) is 5.99. The summed E-state index contributed by atoms with van der Waals surface area (Å²) in [4.78, 5) is 0.253. The Morgan fingerprint density at radius 2 is 1.91 bits per heavy atom. The molecule has 1 aliphatic heterocycles. The molecule has 0 amide bonds. The van der Waals surface area contributed by atoms with E-state index in [0.717, 1.165) is 12.1 Å². The van der Waals surface area contributed by atoms with E-state index in [9.17, 15) is 8.42 Å². The third-order valence-electron chi connectivity index (χ3n) is 6.17. The molecule has 1 unspecified atom stereocenters. The molecule has 3 rings (SSSR count). The Hall–Kier alpha value is -2.07. The number of hydrogen-bond acceptors (Lipinski definition) is 5. The number of nitrogens with zero attached hydrogens (tertiary/aromatic N) is 2. The van der Waals surface area contributed by atoms with E-state index in [1.54, 1.807) is 24.3 Å². The van der Waals surface area contributed by atoms with Crippen LogP contribution in [0.3, 0.4) is 0 Å². The summed E-state index contributed by atoms with van der Waals surface area (Å²) < 4.78 is 32.1. The van der Waals surface area contributed by atoms with Gasteiger partial charge in [0, 0.05) is 24.7 Å². The zero-order valence-electron chi connectivity index (χ0n) is 19.8. The van der Waals surface area contributed by atoms with Crippen LogP contribution in [0.4, 0.5) is 5.69 Å². The van der Waals surface area contributed by atoms with Gasteiger partial charge in [-0.25, -0.2) is 8.42 Å². The molecule has 0 saturated carbocycles. The number of hydrogen-bond donors (Lipinski definition) is 2. The van der Waals surface area contributed by atoms with Crippen molar-refractivity contribution in [2.45, 2.75) is 45.4 Å². The van der Waals surface area contributed by atoms with Crippen LogP contribution in [0.5, 0.6) is 0 Å². The van der Waals surface area contributed by atoms with Crippen molar-refractivity contribution in [1.82, 2.24) is 9.73 Å². The maximum absolute atomic E-state index is 12.7. The predicted octanol–water partition coefficient (Wildman–Crippen LogP) is 4.31. The van der Waals surface area contributed by atoms with Gasteiger partial charge in [0.25, 0.3) is 0 Å². The van der Waals surface area contributed by atoms with Gasteiger partial charge in [-0.05, 0) is 74.7 Å². The normalized spacial score (nSPS) is 22.1. The third kappa shape index (κ3) is 6.72. The Morgan fingerprint density at radius 3 is 2.55 bits per heavy atom. The zero-order chi connectivity index (χ0) is 24.1. The van der Waals surface area contributed by atoms with Crippen LogP contribution in [0.2, 0.25) is 0 Å². The highest BCUT2D eigenvalue weighted by Crippen LogP contribution is 2.41. The summed E-state index contributed by atoms with van der Waals surface area (Å²) in [6.07, 6.45) is 8.87. The maximum Gasteiger partial charge on any atom is 0.243 e. The summed E-state index contributed by atoms with van der Waals surface area (Å²) >= 11 is 5.32. The van der Waals surface area contributed by atoms with Gasteiger partial charge in [0.05, 0.1) is 23.8 Å². The Morgan fingerprint density at radius 1 is 1.24 bits per heavy atom. The molecule has 2 aliphatic rings. The first-order valence-electron chi connectivity index (χ1n) is 11.2. The lowest BCUT2D eigenvalue weighted by atomic mass is 9.68. The molecular formula is C24H34N4O3S2. The van der Waals surface area contributed by atoms with Gasteiger partial charge in [-0.3, -0.25) is 5.43 Å². The van der Waals surface area contributed by atoms with Crippen molar-refractivity contribution in [2.24, 2.45) is 16.4 Å². The molecule has 2 N–H and O–H groups in total. The largest absolute Gasteiger partial charge is 0.379 e. The molecule has 0 radical (unpaired) electrons. The number of rotatable bonds is 6. The molecule has 0 spiro atoms. The van der Waals surface area contributed by atoms with Gasteiger partial charge in [-0.15, -0.1) is 0 Å². The second-order valence-corrected chi connectivity index (χ2v) is 11.5. The molecule has 1 aromatic rings. The molecule has 1 fully saturated rings. The van der Waals surface area contributed by atoms with Gasteiger partial charge < -0.3 is 10.1 Å². The molecule has 1 atom stereocenters. The summed E-state index contributed by atoms with van der Waals surface area (Å²) in [5, 5.41) is 7.70. The highest BCUT2D eigenvalue weighted by molar-refractivity contribution is 7.89. The Bertz CT molecular complexity index is 1040. The highest BCUT2D eigenvalue weighted by atomic mass is 32.2. The lowest BCUT2D eigenvalue weighted by Crippen LogP contribution is -2.40. The first-order valence-corrected chi connectivity index (χ1v) is 13.1. The fourth-order valence-electron chi connectivity index (χ4n) is 4.20. The van der Waals surface area contributed by atoms with Gasteiger partial charge in [-0.2, -0.15) is 9.41 Å². The van der Waals surface area contributed by atoms with E-state index in [1.165, 1.54) is 16.3 Å². The zero-order valence-corrected chi connectivity index (χ0v) is 21.4. The van der Waals surface area contributed by atoms with Crippen LogP contribution >= 0.6 is 12.2 Å². The van der Waals surface area contributed by atoms with Crippen LogP contribution < -0.4 is 10.7 Å². The van der Waals surface area contributed by atoms with Crippen LogP contribution in [-0.4, -0.2) is 49.9 Å². The number of ether oxygens (including phenoxy) is 1. The van der Waals surface area contributed by atoms with E-state index < -0.39 is 10.0 Å². The minimum atomic E-state index is -3.51. The standard InChI is InChI=1S/C24H34N4O3S2/c1-18-6-5-13-24(3,4)22(18)12-7-19(2)26-27-23(32)25-20-8-10-21(11-9-20)33(29,30)28-14-16-31-17-15-28/h6-12,22H,5,13-17H2,1-4H3,(H2,25,27,32)/b12-7+,26-19+. The summed E-state index contributed by atoms with van der Waals surface area (Å²) in [5.74, 6) is 0.397. The summed E-state index contributed by atoms with van der Waals surface area (Å²) in [7, 11) is -3.51. The van der Waals surface area contributed by atoms with Crippen molar-refractivity contribution in [3.8, 4) is 0 Å². The van der Waals surface area contributed by atoms with Crippen LogP contribution in [0, 0.1) is 11.3 Å². The van der Waals surface area contributed by atoms with Crippen LogP contribution in [0.25, 0.3) is 0 Å². The van der Waals surface area contributed by atoms with Gasteiger partial charge in [0.15, 0.2) is 5.11 Å². The minimum Gasteiger partial charge on any atom is -0.379 e. The van der Waals surface area contributed by atoms with E-state index >= 15 is 0 Å². The number of anilines is 1. The number of nitrogens with one attached hydrogen (secondary N) is 2. The van der Waals surface area contributed by atoms with Crippen LogP contribution in [-0.2, 0) is 14.8 Å². The van der Waals surface area contributed by atoms with E-state index in [2.05, 4.69) is 48.8 Å². The lowest BCUT2D eigenvalue weighted by molar-refractivity contribution is 0.0730. The van der Waals surface area contributed by atoms with Gasteiger partial charge in [-0.1, -0.05) is 31.6 Å². The summed E-state index contributed by atoms with van der Waals surface area (Å²) in [6, 6.07) is 6.54. The molecule has 180 valence electrons. The highest BCUT2D eigenvalue weighted by Gasteiger charge is 2.30. The topological polar surface area (TPSA) is 83.0 Å². The molecule has 1 aliphatic carbocycles. The number of morpholine rings is 1. The lowest BCUT2D eigenvalue weighted by Gasteiger charge is -2.36. The first kappa shape index (κ1) is 25.6. The number of thiocarbonyl (C=S) groups is 1. The van der Waals surface area contributed by atoms with Crippen molar-refractivity contribution < 1.29 is 13.2 Å².